The quantitative estimate of drug-likeness (QED) is 0.651. The summed E-state index contributed by atoms with van der Waals surface area (Å²) in [6.45, 7) is 8.65. The lowest BCUT2D eigenvalue weighted by Crippen LogP contribution is -2.48. The van der Waals surface area contributed by atoms with Gasteiger partial charge in [0, 0.05) is 13.1 Å². The molecule has 0 fully saturated rings. The highest BCUT2D eigenvalue weighted by Crippen LogP contribution is 2.37. The summed E-state index contributed by atoms with van der Waals surface area (Å²) in [4.78, 5) is 0. The first kappa shape index (κ1) is 21.6. The van der Waals surface area contributed by atoms with Gasteiger partial charge in [0.1, 0.15) is 5.75 Å². The van der Waals surface area contributed by atoms with E-state index in [1.165, 1.54) is 0 Å². The Hall–Kier alpha value is -0.440. The van der Waals surface area contributed by atoms with Crippen LogP contribution in [0.15, 0.2) is 0 Å². The zero-order chi connectivity index (χ0) is 18.0. The van der Waals surface area contributed by atoms with Crippen LogP contribution in [0.3, 0.4) is 0 Å². The zero-order valence-corrected chi connectivity index (χ0v) is 14.3. The number of rotatable bonds is 7. The van der Waals surface area contributed by atoms with Gasteiger partial charge in [-0.1, -0.05) is 34.6 Å². The summed E-state index contributed by atoms with van der Waals surface area (Å²) < 4.78 is 87.6. The lowest BCUT2D eigenvalue weighted by Gasteiger charge is -2.29. The van der Waals surface area contributed by atoms with E-state index in [-0.39, 0.29) is 24.4 Å². The Morgan fingerprint density at radius 2 is 1.45 bits per heavy atom. The first-order valence-electron chi connectivity index (χ1n) is 6.90. The maximum absolute atomic E-state index is 13.1. The van der Waals surface area contributed by atoms with Crippen LogP contribution in [-0.2, 0) is 10.0 Å². The zero-order valence-electron chi connectivity index (χ0n) is 13.5. The molecule has 0 amide bonds. The lowest BCUT2D eigenvalue weighted by atomic mass is 9.92. The number of hydrogen-bond acceptors (Lipinski definition) is 2. The number of nitrogens with zero attached hydrogens (tertiary/aromatic N) is 1. The molecule has 0 rings (SSSR count). The van der Waals surface area contributed by atoms with Gasteiger partial charge in [-0.25, -0.2) is 12.7 Å². The van der Waals surface area contributed by atoms with Gasteiger partial charge in [-0.15, -0.1) is 0 Å². The molecule has 0 radical (unpaired) electrons. The predicted molar refractivity (Wildman–Crippen MR) is 75.3 cm³/mol. The lowest BCUT2D eigenvalue weighted by molar-refractivity contribution is -0.271. The van der Waals surface area contributed by atoms with Crippen LogP contribution in [0.4, 0.5) is 22.0 Å². The topological polar surface area (TPSA) is 37.4 Å². The third-order valence-corrected chi connectivity index (χ3v) is 4.70. The Labute approximate surface area is 128 Å². The summed E-state index contributed by atoms with van der Waals surface area (Å²) in [6, 6.07) is 0. The number of halogens is 5. The molecule has 0 aromatic rings. The van der Waals surface area contributed by atoms with Crippen molar-refractivity contribution in [2.45, 2.75) is 53.1 Å². The Balaban J connectivity index is 5.27. The first-order chi connectivity index (χ1) is 9.48. The van der Waals surface area contributed by atoms with Gasteiger partial charge in [0.15, 0.2) is 0 Å². The molecule has 0 heterocycles. The Kier molecular flexibility index (Phi) is 6.84. The molecule has 22 heavy (non-hydrogen) atoms. The second-order valence-corrected chi connectivity index (χ2v) is 8.99. The van der Waals surface area contributed by atoms with Crippen LogP contribution in [0.25, 0.3) is 0 Å². The molecule has 0 saturated carbocycles. The SMILES string of the molecule is CC(C)CN(CCC(C)(C)C)S(=O)(=O)CC(F)(F)C(F)(F)F. The first-order valence-corrected chi connectivity index (χ1v) is 8.51. The summed E-state index contributed by atoms with van der Waals surface area (Å²) >= 11 is 0. The molecule has 0 bridgehead atoms. The summed E-state index contributed by atoms with van der Waals surface area (Å²) in [5, 5.41) is 0. The van der Waals surface area contributed by atoms with Crippen molar-refractivity contribution in [2.75, 3.05) is 18.8 Å². The van der Waals surface area contributed by atoms with Crippen LogP contribution in [0.2, 0.25) is 0 Å². The van der Waals surface area contributed by atoms with Gasteiger partial charge in [-0.2, -0.15) is 22.0 Å². The summed E-state index contributed by atoms with van der Waals surface area (Å²) in [5.41, 5.74) is -0.267. The summed E-state index contributed by atoms with van der Waals surface area (Å²) in [6.07, 6.45) is -5.52. The molecule has 0 aliphatic rings. The van der Waals surface area contributed by atoms with Crippen molar-refractivity contribution in [1.29, 1.82) is 0 Å². The van der Waals surface area contributed by atoms with E-state index in [4.69, 9.17) is 0 Å². The van der Waals surface area contributed by atoms with Crippen LogP contribution >= 0.6 is 0 Å². The van der Waals surface area contributed by atoms with Crippen LogP contribution in [-0.4, -0.2) is 43.7 Å². The Morgan fingerprint density at radius 1 is 1.00 bits per heavy atom. The standard InChI is InChI=1S/C13H24F5NO2S/c1-10(2)8-19(7-6-11(3,4)5)22(20,21)9-12(14,15)13(16,17)18/h10H,6-9H2,1-5H3. The molecule has 0 aliphatic heterocycles. The minimum absolute atomic E-state index is 0.0854. The molecule has 3 nitrogen and oxygen atoms in total. The van der Waals surface area contributed by atoms with Gasteiger partial charge in [0.25, 0.3) is 0 Å². The molecular formula is C13H24F5NO2S. The summed E-state index contributed by atoms with van der Waals surface area (Å²) in [5.74, 6) is -7.70. The van der Waals surface area contributed by atoms with Crippen LogP contribution in [0.5, 0.6) is 0 Å². The minimum atomic E-state index is -5.88. The number of hydrogen-bond donors (Lipinski definition) is 0. The molecular weight excluding hydrogens is 329 g/mol. The highest BCUT2D eigenvalue weighted by Gasteiger charge is 2.60. The molecule has 0 aromatic carbocycles. The fourth-order valence-electron chi connectivity index (χ4n) is 1.61. The molecule has 9 heteroatoms. The molecule has 0 spiro atoms. The van der Waals surface area contributed by atoms with Gasteiger partial charge >= 0.3 is 12.1 Å². The van der Waals surface area contributed by atoms with Crippen LogP contribution in [0, 0.1) is 11.3 Å². The number of sulfonamides is 1. The van der Waals surface area contributed by atoms with Crippen molar-refractivity contribution in [3.8, 4) is 0 Å². The molecule has 0 unspecified atom stereocenters. The number of alkyl halides is 5. The highest BCUT2D eigenvalue weighted by atomic mass is 32.2. The van der Waals surface area contributed by atoms with Crippen molar-refractivity contribution in [3.63, 3.8) is 0 Å². The highest BCUT2D eigenvalue weighted by molar-refractivity contribution is 7.89. The van der Waals surface area contributed by atoms with E-state index in [1.807, 2.05) is 20.8 Å². The Bertz CT molecular complexity index is 452. The van der Waals surface area contributed by atoms with Crippen molar-refractivity contribution in [1.82, 2.24) is 4.31 Å². The normalized spacial score (nSPS) is 14.9. The van der Waals surface area contributed by atoms with E-state index in [9.17, 15) is 30.4 Å². The van der Waals surface area contributed by atoms with E-state index >= 15 is 0 Å². The van der Waals surface area contributed by atoms with E-state index in [0.29, 0.717) is 6.42 Å². The maximum atomic E-state index is 13.1. The average Bonchev–Trinajstić information content (AvgIpc) is 2.18. The molecule has 134 valence electrons. The summed E-state index contributed by atoms with van der Waals surface area (Å²) in [7, 11) is -4.72. The van der Waals surface area contributed by atoms with Gasteiger partial charge in [0.05, 0.1) is 0 Å². The maximum Gasteiger partial charge on any atom is 0.454 e. The largest absolute Gasteiger partial charge is 0.454 e. The second-order valence-electron chi connectivity index (χ2n) is 7.02. The Morgan fingerprint density at radius 3 is 1.77 bits per heavy atom. The van der Waals surface area contributed by atoms with Gasteiger partial charge in [0.2, 0.25) is 10.0 Å². The fourth-order valence-corrected chi connectivity index (χ4v) is 3.31. The van der Waals surface area contributed by atoms with Crippen molar-refractivity contribution >= 4 is 10.0 Å². The molecule has 0 saturated heterocycles. The second kappa shape index (κ2) is 6.98. The minimum Gasteiger partial charge on any atom is -0.212 e. The smallest absolute Gasteiger partial charge is 0.212 e. The van der Waals surface area contributed by atoms with E-state index in [2.05, 4.69) is 0 Å². The van der Waals surface area contributed by atoms with E-state index < -0.39 is 27.9 Å². The van der Waals surface area contributed by atoms with Crippen LogP contribution < -0.4 is 0 Å². The molecule has 0 N–H and O–H groups in total. The van der Waals surface area contributed by atoms with Crippen molar-refractivity contribution < 1.29 is 30.4 Å². The molecule has 0 atom stereocenters. The fraction of sp³-hybridized carbons (Fsp3) is 1.00. The van der Waals surface area contributed by atoms with Gasteiger partial charge in [-0.3, -0.25) is 0 Å². The third kappa shape index (κ3) is 7.21. The molecule has 0 aliphatic carbocycles. The van der Waals surface area contributed by atoms with E-state index in [0.717, 1.165) is 4.31 Å². The monoisotopic (exact) mass is 353 g/mol. The van der Waals surface area contributed by atoms with Gasteiger partial charge < -0.3 is 0 Å². The van der Waals surface area contributed by atoms with Gasteiger partial charge in [-0.05, 0) is 17.8 Å². The predicted octanol–water partition coefficient (Wildman–Crippen LogP) is 3.91. The third-order valence-electron chi connectivity index (χ3n) is 2.85. The van der Waals surface area contributed by atoms with E-state index in [1.54, 1.807) is 13.8 Å². The average molecular weight is 353 g/mol. The van der Waals surface area contributed by atoms with Crippen molar-refractivity contribution in [2.24, 2.45) is 11.3 Å². The van der Waals surface area contributed by atoms with Crippen molar-refractivity contribution in [3.05, 3.63) is 0 Å². The van der Waals surface area contributed by atoms with Crippen LogP contribution in [0.1, 0.15) is 41.0 Å². The molecule has 0 aromatic heterocycles.